The molecule has 0 aromatic rings. The summed E-state index contributed by atoms with van der Waals surface area (Å²) >= 11 is 0. The quantitative estimate of drug-likeness (QED) is 0.0899. The van der Waals surface area contributed by atoms with Crippen LogP contribution in [0.2, 0.25) is 0 Å². The molecule has 0 bridgehead atoms. The zero-order valence-electron chi connectivity index (χ0n) is 32.7. The monoisotopic (exact) mass is 764 g/mol. The van der Waals surface area contributed by atoms with E-state index in [9.17, 15) is 20.4 Å². The summed E-state index contributed by atoms with van der Waals surface area (Å²) in [5, 5.41) is 46.5. The molecule has 0 heterocycles. The van der Waals surface area contributed by atoms with Crippen LogP contribution in [0.25, 0.3) is 0 Å². The van der Waals surface area contributed by atoms with E-state index in [0.717, 1.165) is 0 Å². The Morgan fingerprint density at radius 1 is 0.224 bits per heavy atom. The average molecular weight is 765 g/mol. The number of hydrogen-bond donors (Lipinski definition) is 0. The first-order valence-electron chi connectivity index (χ1n) is 13.6. The van der Waals surface area contributed by atoms with Crippen LogP contribution in [0.3, 0.4) is 0 Å². The van der Waals surface area contributed by atoms with Gasteiger partial charge in [-0.25, -0.2) is 0 Å². The van der Waals surface area contributed by atoms with Gasteiger partial charge in [0, 0.05) is 114 Å². The van der Waals surface area contributed by atoms with Gasteiger partial charge in [-0.1, -0.05) is 0 Å². The molecule has 0 saturated heterocycles. The summed E-state index contributed by atoms with van der Waals surface area (Å²) in [7, 11) is 20.6. The van der Waals surface area contributed by atoms with E-state index in [1.165, 1.54) is 141 Å². The van der Waals surface area contributed by atoms with Gasteiger partial charge in [0.05, 0.1) is 0 Å². The summed E-state index contributed by atoms with van der Waals surface area (Å²) in [5.41, 5.74) is 0. The van der Waals surface area contributed by atoms with Crippen molar-refractivity contribution in [2.24, 2.45) is 0 Å². The Labute approximate surface area is 306 Å². The van der Waals surface area contributed by atoms with Gasteiger partial charge in [0.1, 0.15) is 0 Å². The largest absolute Gasteiger partial charge is 4.00 e. The number of ether oxygens (including phenoxy) is 16. The molecule has 0 aliphatic heterocycles. The molecule has 0 radical (unpaired) electrons. The molecule has 21 heteroatoms. The molecule has 0 saturated carbocycles. The summed E-state index contributed by atoms with van der Waals surface area (Å²) in [6.07, 6.45) is 0. The van der Waals surface area contributed by atoms with E-state index in [1.807, 2.05) is 0 Å². The van der Waals surface area contributed by atoms with Crippen molar-refractivity contribution in [1.82, 2.24) is 0 Å². The summed E-state index contributed by atoms with van der Waals surface area (Å²) in [5.74, 6) is -14.5. The number of methoxy groups -OCH3 is 16. The second-order valence-electron chi connectivity index (χ2n) is 9.27. The van der Waals surface area contributed by atoms with E-state index in [2.05, 4.69) is 37.9 Å². The SMILES string of the molecule is COC(C)(OC)C([O-])(OC)OC.COC(C)(OC)C([O-])(OC)OC.COC(C)(OC)C([O-])(OC)OC.COC(C)(OC)C([O-])(OC)OC.[Ti+4]. The molecule has 20 nitrogen and oxygen atoms in total. The molecular weight excluding hydrogens is 704 g/mol. The van der Waals surface area contributed by atoms with Crippen molar-refractivity contribution in [2.45, 2.75) is 74.7 Å². The molecule has 0 amide bonds. The molecule has 296 valence electrons. The van der Waals surface area contributed by atoms with Crippen molar-refractivity contribution >= 4 is 0 Å². The minimum Gasteiger partial charge on any atom is -0.803 e. The molecule has 0 N–H and O–H groups in total. The van der Waals surface area contributed by atoms with Gasteiger partial charge >= 0.3 is 21.7 Å². The van der Waals surface area contributed by atoms with Crippen molar-refractivity contribution in [3.8, 4) is 0 Å². The molecule has 0 spiro atoms. The molecule has 0 atom stereocenters. The van der Waals surface area contributed by atoms with Crippen molar-refractivity contribution in [3.05, 3.63) is 0 Å². The molecule has 0 aliphatic rings. The molecule has 0 rings (SSSR count). The molecule has 49 heavy (non-hydrogen) atoms. The topological polar surface area (TPSA) is 240 Å². The Morgan fingerprint density at radius 2 is 0.306 bits per heavy atom. The normalized spacial score (nSPS) is 13.2. The first-order chi connectivity index (χ1) is 22.0. The van der Waals surface area contributed by atoms with Gasteiger partial charge in [-0.15, -0.1) is 0 Å². The molecule has 0 unspecified atom stereocenters. The fourth-order valence-electron chi connectivity index (χ4n) is 3.15. The van der Waals surface area contributed by atoms with Crippen LogP contribution in [-0.4, -0.2) is 161 Å². The third-order valence-electron chi connectivity index (χ3n) is 7.49. The van der Waals surface area contributed by atoms with Gasteiger partial charge < -0.3 is 96.2 Å². The van der Waals surface area contributed by atoms with Gasteiger partial charge in [0.25, 0.3) is 0 Å². The predicted molar refractivity (Wildman–Crippen MR) is 157 cm³/mol. The van der Waals surface area contributed by atoms with E-state index in [-0.39, 0.29) is 21.7 Å². The van der Waals surface area contributed by atoms with E-state index in [1.54, 1.807) is 0 Å². The molecule has 0 aromatic heterocycles. The predicted octanol–water partition coefficient (Wildman–Crippen LogP) is -2.79. The third kappa shape index (κ3) is 14.3. The molecular formula is C28H60O20Ti. The maximum Gasteiger partial charge on any atom is 4.00 e. The van der Waals surface area contributed by atoms with Gasteiger partial charge in [0.2, 0.25) is 23.1 Å². The fourth-order valence-corrected chi connectivity index (χ4v) is 3.15. The second-order valence-corrected chi connectivity index (χ2v) is 9.27. The van der Waals surface area contributed by atoms with E-state index in [0.29, 0.717) is 0 Å². The third-order valence-corrected chi connectivity index (χ3v) is 7.49. The minimum absolute atomic E-state index is 0. The van der Waals surface area contributed by atoms with Crippen LogP contribution >= 0.6 is 0 Å². The van der Waals surface area contributed by atoms with Crippen LogP contribution in [0.4, 0.5) is 0 Å². The van der Waals surface area contributed by atoms with Crippen LogP contribution in [0.15, 0.2) is 0 Å². The van der Waals surface area contributed by atoms with Crippen LogP contribution in [-0.2, 0) is 97.5 Å². The number of rotatable bonds is 20. The Kier molecular flexibility index (Phi) is 30.7. The Balaban J connectivity index is -0.000000174. The zero-order chi connectivity index (χ0) is 39.3. The Hall–Kier alpha value is -0.0857. The summed E-state index contributed by atoms with van der Waals surface area (Å²) in [6.45, 7) is 5.75. The van der Waals surface area contributed by atoms with Crippen LogP contribution in [0.1, 0.15) is 27.7 Å². The van der Waals surface area contributed by atoms with Gasteiger partial charge in [-0.3, -0.25) is 0 Å². The maximum atomic E-state index is 11.6. The van der Waals surface area contributed by atoms with Gasteiger partial charge in [0.15, 0.2) is 23.9 Å². The van der Waals surface area contributed by atoms with Gasteiger partial charge in [-0.2, -0.15) is 0 Å². The molecule has 0 aromatic carbocycles. The van der Waals surface area contributed by atoms with Crippen molar-refractivity contribution in [2.75, 3.05) is 114 Å². The van der Waals surface area contributed by atoms with E-state index < -0.39 is 47.0 Å². The van der Waals surface area contributed by atoms with Crippen molar-refractivity contribution in [3.63, 3.8) is 0 Å². The molecule has 0 aliphatic carbocycles. The minimum atomic E-state index is -2.16. The smallest absolute Gasteiger partial charge is 0.803 e. The van der Waals surface area contributed by atoms with Gasteiger partial charge in [-0.05, 0) is 27.7 Å². The fraction of sp³-hybridized carbons (Fsp3) is 1.00. The molecule has 0 fully saturated rings. The van der Waals surface area contributed by atoms with E-state index in [4.69, 9.17) is 37.9 Å². The summed E-state index contributed by atoms with van der Waals surface area (Å²) in [4.78, 5) is 0. The zero-order valence-corrected chi connectivity index (χ0v) is 34.2. The first-order valence-corrected chi connectivity index (χ1v) is 13.6. The van der Waals surface area contributed by atoms with Crippen molar-refractivity contribution in [1.29, 1.82) is 0 Å². The Morgan fingerprint density at radius 3 is 0.327 bits per heavy atom. The number of hydrogen-bond acceptors (Lipinski definition) is 20. The summed E-state index contributed by atoms with van der Waals surface area (Å²) < 4.78 is 75.6. The van der Waals surface area contributed by atoms with E-state index >= 15 is 0 Å². The van der Waals surface area contributed by atoms with Crippen LogP contribution < -0.4 is 20.4 Å². The average Bonchev–Trinajstić information content (AvgIpc) is 3.15. The Bertz CT molecular complexity index is 582. The van der Waals surface area contributed by atoms with Crippen LogP contribution in [0, 0.1) is 0 Å². The maximum absolute atomic E-state index is 11.6. The van der Waals surface area contributed by atoms with Crippen molar-refractivity contribution < 1.29 is 118 Å². The second kappa shape index (κ2) is 25.8. The first kappa shape index (κ1) is 58.2. The summed E-state index contributed by atoms with van der Waals surface area (Å²) in [6, 6.07) is 0. The van der Waals surface area contributed by atoms with Crippen LogP contribution in [0.5, 0.6) is 0 Å². The standard InChI is InChI=1S/4C7H15O5.Ti/c4*1-6(9-2,10-3)7(8,11-4)12-5;/h4*1-5H3;/q4*-1;+4.